The van der Waals surface area contributed by atoms with Crippen LogP contribution >= 0.6 is 33.0 Å². The van der Waals surface area contributed by atoms with Crippen LogP contribution in [0.1, 0.15) is 12.8 Å². The molecule has 0 aliphatic rings. The monoisotopic (exact) mass is 444 g/mol. The van der Waals surface area contributed by atoms with Gasteiger partial charge >= 0.3 is 5.97 Å². The molecule has 0 saturated carbocycles. The molecule has 0 aromatic carbocycles. The van der Waals surface area contributed by atoms with Crippen LogP contribution in [-0.2, 0) is 39.1 Å². The fourth-order valence-electron chi connectivity index (χ4n) is 0.426. The maximum absolute atomic E-state index is 9.88. The minimum Gasteiger partial charge on any atom is -0.481 e. The molecule has 0 rings (SSSR count). The van der Waals surface area contributed by atoms with Crippen LogP contribution in [0.5, 0.6) is 0 Å². The van der Waals surface area contributed by atoms with Crippen LogP contribution in [0.25, 0.3) is 0 Å². The highest BCUT2D eigenvalue weighted by Crippen LogP contribution is 1.92. The molecule has 0 aromatic rings. The molecule has 0 aliphatic carbocycles. The Hall–Kier alpha value is -0.0200. The van der Waals surface area contributed by atoms with Crippen molar-refractivity contribution in [1.29, 1.82) is 0 Å². The third-order valence-corrected chi connectivity index (χ3v) is 2.76. The number of carboxylic acid groups (broad SMARTS) is 1. The number of carboxylic acids is 1. The number of carbonyl (C=O) groups is 2. The second kappa shape index (κ2) is 13.4. The van der Waals surface area contributed by atoms with Gasteiger partial charge in [0, 0.05) is 27.8 Å². The summed E-state index contributed by atoms with van der Waals surface area (Å²) >= 11 is 4.77. The third-order valence-electron chi connectivity index (χ3n) is 1.13. The highest BCUT2D eigenvalue weighted by Gasteiger charge is 2.07. The lowest BCUT2D eigenvalue weighted by molar-refractivity contribution is -0.136. The number of rotatable bonds is 6. The largest absolute Gasteiger partial charge is 0.481 e. The van der Waals surface area contributed by atoms with Crippen molar-refractivity contribution in [2.45, 2.75) is 12.8 Å². The van der Waals surface area contributed by atoms with E-state index in [9.17, 15) is 26.4 Å². The van der Waals surface area contributed by atoms with Gasteiger partial charge in [-0.05, 0) is 11.6 Å². The number of hydrogen-bond acceptors (Lipinski definition) is 7. The highest BCUT2D eigenvalue weighted by atomic mass is 36.0. The van der Waals surface area contributed by atoms with Crippen molar-refractivity contribution in [2.24, 2.45) is 0 Å². The molecule has 16 heteroatoms. The first kappa shape index (κ1) is 26.9. The summed E-state index contributed by atoms with van der Waals surface area (Å²) in [5.74, 6) is -2.56. The van der Waals surface area contributed by atoms with Gasteiger partial charge in [-0.25, -0.2) is 4.21 Å². The molecule has 0 bridgehead atoms. The predicted octanol–water partition coefficient (Wildman–Crippen LogP) is 0.421. The summed E-state index contributed by atoms with van der Waals surface area (Å²) < 4.78 is 64.5. The molecule has 0 atom stereocenters. The predicted molar refractivity (Wildman–Crippen MR) is 80.4 cm³/mol. The van der Waals surface area contributed by atoms with Crippen molar-refractivity contribution < 1.29 is 44.8 Å². The van der Waals surface area contributed by atoms with E-state index >= 15 is 0 Å². The first-order valence-electron chi connectivity index (χ1n) is 4.61. The lowest BCUT2D eigenvalue weighted by atomic mass is 10.5. The molecule has 0 saturated heterocycles. The zero-order valence-electron chi connectivity index (χ0n) is 10.4. The van der Waals surface area contributed by atoms with Crippen molar-refractivity contribution in [3.05, 3.63) is 0 Å². The Morgan fingerprint density at radius 2 is 1.18 bits per heavy atom. The minimum atomic E-state index is -4.10. The first-order valence-corrected chi connectivity index (χ1v) is 11.0. The van der Waals surface area contributed by atoms with Crippen LogP contribution in [0.4, 0.5) is 0 Å². The summed E-state index contributed by atoms with van der Waals surface area (Å²) in [4.78, 5) is 19.6. The fourth-order valence-corrected chi connectivity index (χ4v) is 1.51. The molecule has 0 amide bonds. The van der Waals surface area contributed by atoms with E-state index in [4.69, 9.17) is 30.0 Å². The van der Waals surface area contributed by atoms with Crippen LogP contribution in [0, 0.1) is 0 Å². The Labute approximate surface area is 142 Å². The van der Waals surface area contributed by atoms with E-state index in [1.807, 2.05) is 0 Å². The molecule has 0 radical (unpaired) electrons. The van der Waals surface area contributed by atoms with E-state index in [0.717, 1.165) is 0 Å². The van der Waals surface area contributed by atoms with Crippen molar-refractivity contribution in [2.75, 3.05) is 11.5 Å². The Morgan fingerprint density at radius 3 is 1.27 bits per heavy atom. The van der Waals surface area contributed by atoms with Gasteiger partial charge in [0.15, 0.2) is 0 Å². The number of carbonyl (C=O) groups excluding carboxylic acids is 1. The standard InChI is InChI=1S/C3H5ClO4S.C3H6O5S.Cl2OS/c2*4-3(5)1-2-9(6,7)8;1-4(2)3/h1-2H2,(H,6,7,8);1-2H2,(H,4,5)(H,6,7,8);. The van der Waals surface area contributed by atoms with Crippen molar-refractivity contribution in [3.63, 3.8) is 0 Å². The summed E-state index contributed by atoms with van der Waals surface area (Å²) in [6, 6.07) is 0. The van der Waals surface area contributed by atoms with E-state index in [1.54, 1.807) is 0 Å². The molecule has 22 heavy (non-hydrogen) atoms. The van der Waals surface area contributed by atoms with E-state index in [2.05, 4.69) is 21.4 Å². The van der Waals surface area contributed by atoms with Crippen LogP contribution in [0.2, 0.25) is 0 Å². The van der Waals surface area contributed by atoms with Gasteiger partial charge in [-0.15, -0.1) is 0 Å². The van der Waals surface area contributed by atoms with Gasteiger partial charge in [0.1, 0.15) is 0 Å². The van der Waals surface area contributed by atoms with Gasteiger partial charge in [-0.3, -0.25) is 18.7 Å². The summed E-state index contributed by atoms with van der Waals surface area (Å²) in [6.45, 7) is 0. The summed E-state index contributed by atoms with van der Waals surface area (Å²) in [7, 11) is -0.766. The van der Waals surface area contributed by atoms with Gasteiger partial charge < -0.3 is 5.11 Å². The first-order chi connectivity index (χ1) is 9.57. The quantitative estimate of drug-likeness (QED) is 0.383. The lowest BCUT2D eigenvalue weighted by Crippen LogP contribution is -2.08. The molecular formula is C6H11Cl3O10S3. The number of aliphatic carboxylic acids is 1. The fraction of sp³-hybridized carbons (Fsp3) is 0.667. The molecule has 134 valence electrons. The summed E-state index contributed by atoms with van der Waals surface area (Å²) in [6.07, 6.45) is -0.904. The number of hydrogen-bond donors (Lipinski definition) is 3. The van der Waals surface area contributed by atoms with Gasteiger partial charge in [0.25, 0.3) is 20.2 Å². The maximum atomic E-state index is 9.88. The summed E-state index contributed by atoms with van der Waals surface area (Å²) in [5, 5.41) is 7.13. The molecule has 0 aromatic heterocycles. The normalized spacial score (nSPS) is 10.8. The van der Waals surface area contributed by atoms with Crippen molar-refractivity contribution >= 4 is 73.6 Å². The smallest absolute Gasteiger partial charge is 0.304 e. The second-order valence-corrected chi connectivity index (χ2v) is 9.10. The lowest BCUT2D eigenvalue weighted by Gasteiger charge is -1.89. The molecule has 0 aliphatic heterocycles. The van der Waals surface area contributed by atoms with Gasteiger partial charge in [0.05, 0.1) is 17.9 Å². The van der Waals surface area contributed by atoms with E-state index in [0.29, 0.717) is 0 Å². The number of halogens is 3. The highest BCUT2D eigenvalue weighted by molar-refractivity contribution is 8.26. The van der Waals surface area contributed by atoms with Crippen molar-refractivity contribution in [3.8, 4) is 0 Å². The van der Waals surface area contributed by atoms with Gasteiger partial charge in [-0.1, -0.05) is 0 Å². The molecular weight excluding hydrogens is 435 g/mol. The third kappa shape index (κ3) is 50.2. The second-order valence-electron chi connectivity index (χ2n) is 3.01. The molecule has 0 heterocycles. The molecule has 3 N–H and O–H groups in total. The summed E-state index contributed by atoms with van der Waals surface area (Å²) in [5.41, 5.74) is 0. The van der Waals surface area contributed by atoms with Gasteiger partial charge in [-0.2, -0.15) is 16.8 Å². The van der Waals surface area contributed by atoms with Crippen molar-refractivity contribution in [1.82, 2.24) is 0 Å². The Bertz CT molecular complexity index is 519. The van der Waals surface area contributed by atoms with Crippen LogP contribution in [0.3, 0.4) is 0 Å². The molecule has 0 spiro atoms. The van der Waals surface area contributed by atoms with E-state index in [-0.39, 0.29) is 6.42 Å². The zero-order valence-corrected chi connectivity index (χ0v) is 15.1. The Balaban J connectivity index is -0.000000266. The average Bonchev–Trinajstić information content (AvgIpc) is 2.22. The van der Waals surface area contributed by atoms with E-state index in [1.165, 1.54) is 0 Å². The minimum absolute atomic E-state index is 0.347. The van der Waals surface area contributed by atoms with Crippen LogP contribution in [-0.4, -0.2) is 58.0 Å². The topological polar surface area (TPSA) is 180 Å². The van der Waals surface area contributed by atoms with Crippen LogP contribution in [0.15, 0.2) is 0 Å². The maximum Gasteiger partial charge on any atom is 0.304 e. The SMILES string of the molecule is O=C(Cl)CCS(=O)(=O)O.O=C(O)CCS(=O)(=O)O.O=S(Cl)Cl. The molecule has 10 nitrogen and oxygen atoms in total. The van der Waals surface area contributed by atoms with Gasteiger partial charge in [0.2, 0.25) is 14.5 Å². The molecule has 0 fully saturated rings. The average molecular weight is 446 g/mol. The zero-order chi connectivity index (χ0) is 18.6. The Kier molecular flexibility index (Phi) is 16.4. The molecule has 0 unspecified atom stereocenters. The Morgan fingerprint density at radius 1 is 0.909 bits per heavy atom. The van der Waals surface area contributed by atoms with Crippen LogP contribution < -0.4 is 0 Å². The van der Waals surface area contributed by atoms with E-state index < -0.39 is 58.6 Å².